The summed E-state index contributed by atoms with van der Waals surface area (Å²) in [5.41, 5.74) is 2.44. The first-order chi connectivity index (χ1) is 9.45. The van der Waals surface area contributed by atoms with Gasteiger partial charge in [0, 0.05) is 18.2 Å². The van der Waals surface area contributed by atoms with E-state index in [4.69, 9.17) is 4.74 Å². The zero-order chi connectivity index (χ0) is 15.1. The minimum Gasteiger partial charge on any atom is -0.489 e. The van der Waals surface area contributed by atoms with E-state index in [1.165, 1.54) is 0 Å². The maximum absolute atomic E-state index is 10.8. The van der Waals surface area contributed by atoms with E-state index in [2.05, 4.69) is 18.8 Å². The van der Waals surface area contributed by atoms with Crippen LogP contribution in [0.25, 0.3) is 0 Å². The molecule has 0 aliphatic carbocycles. The second-order valence-electron chi connectivity index (χ2n) is 4.88. The molecule has 5 nitrogen and oxygen atoms in total. The first-order valence-electron chi connectivity index (χ1n) is 6.71. The molecule has 5 heteroatoms. The Morgan fingerprint density at radius 2 is 2.10 bits per heavy atom. The van der Waals surface area contributed by atoms with Gasteiger partial charge in [-0.25, -0.2) is 0 Å². The van der Waals surface area contributed by atoms with Gasteiger partial charge in [0.25, 0.3) is 5.69 Å². The first-order valence-corrected chi connectivity index (χ1v) is 6.71. The number of benzene rings is 1. The number of nitro groups is 1. The number of nitro benzene ring substituents is 1. The van der Waals surface area contributed by atoms with Gasteiger partial charge in [0.05, 0.1) is 4.92 Å². The third-order valence-corrected chi connectivity index (χ3v) is 2.92. The molecule has 1 aromatic rings. The maximum atomic E-state index is 10.8. The Morgan fingerprint density at radius 3 is 2.70 bits per heavy atom. The van der Waals surface area contributed by atoms with Gasteiger partial charge in [-0.2, -0.15) is 0 Å². The highest BCUT2D eigenvalue weighted by Crippen LogP contribution is 2.27. The van der Waals surface area contributed by atoms with E-state index in [0.29, 0.717) is 17.9 Å². The van der Waals surface area contributed by atoms with Crippen molar-refractivity contribution in [2.24, 2.45) is 0 Å². The van der Waals surface area contributed by atoms with Crippen molar-refractivity contribution in [1.82, 2.24) is 5.32 Å². The van der Waals surface area contributed by atoms with Crippen molar-refractivity contribution in [2.75, 3.05) is 19.7 Å². The summed E-state index contributed by atoms with van der Waals surface area (Å²) in [6.07, 6.45) is 1.08. The summed E-state index contributed by atoms with van der Waals surface area (Å²) in [4.78, 5) is 10.5. The summed E-state index contributed by atoms with van der Waals surface area (Å²) in [5.74, 6) is 0.671. The molecule has 0 heterocycles. The molecule has 0 unspecified atom stereocenters. The van der Waals surface area contributed by atoms with Crippen molar-refractivity contribution in [2.45, 2.75) is 27.2 Å². The maximum Gasteiger partial charge on any atom is 0.272 e. The topological polar surface area (TPSA) is 64.4 Å². The largest absolute Gasteiger partial charge is 0.489 e. The lowest BCUT2D eigenvalue weighted by Crippen LogP contribution is -2.20. The molecule has 0 amide bonds. The fraction of sp³-hybridized carbons (Fsp3) is 0.467. The highest BCUT2D eigenvalue weighted by Gasteiger charge is 2.14. The molecule has 0 aliphatic heterocycles. The summed E-state index contributed by atoms with van der Waals surface area (Å²) in [7, 11) is 0. The van der Waals surface area contributed by atoms with Crippen molar-refractivity contribution in [3.05, 3.63) is 45.5 Å². The summed E-state index contributed by atoms with van der Waals surface area (Å²) in [5, 5.41) is 14.1. The molecule has 1 aromatic carbocycles. The van der Waals surface area contributed by atoms with Crippen LogP contribution in [0.3, 0.4) is 0 Å². The van der Waals surface area contributed by atoms with Crippen LogP contribution in [-0.2, 0) is 0 Å². The molecular weight excluding hydrogens is 256 g/mol. The Balaban J connectivity index is 2.63. The monoisotopic (exact) mass is 278 g/mol. The quantitative estimate of drug-likeness (QED) is 0.343. The molecule has 0 saturated carbocycles. The fourth-order valence-electron chi connectivity index (χ4n) is 1.80. The smallest absolute Gasteiger partial charge is 0.272 e. The summed E-state index contributed by atoms with van der Waals surface area (Å²) < 4.78 is 5.68. The predicted octanol–water partition coefficient (Wildman–Crippen LogP) is 3.15. The second kappa shape index (κ2) is 7.65. The third kappa shape index (κ3) is 4.66. The molecule has 1 N–H and O–H groups in total. The van der Waals surface area contributed by atoms with Gasteiger partial charge in [-0.05, 0) is 44.0 Å². The van der Waals surface area contributed by atoms with Crippen LogP contribution in [0.5, 0.6) is 5.75 Å². The van der Waals surface area contributed by atoms with Crippen LogP contribution in [-0.4, -0.2) is 24.6 Å². The predicted molar refractivity (Wildman–Crippen MR) is 80.4 cm³/mol. The first kappa shape index (κ1) is 16.2. The molecule has 0 aliphatic rings. The Kier molecular flexibility index (Phi) is 6.18. The molecular formula is C15H22N2O3. The fourth-order valence-corrected chi connectivity index (χ4v) is 1.80. The Morgan fingerprint density at radius 1 is 1.40 bits per heavy atom. The average Bonchev–Trinajstić information content (AvgIpc) is 2.39. The Hall–Kier alpha value is -1.88. The number of hydrogen-bond acceptors (Lipinski definition) is 4. The van der Waals surface area contributed by atoms with Crippen molar-refractivity contribution in [3.8, 4) is 5.75 Å². The van der Waals surface area contributed by atoms with Crippen molar-refractivity contribution < 1.29 is 9.66 Å². The van der Waals surface area contributed by atoms with E-state index >= 15 is 0 Å². The number of aryl methyl sites for hydroxylation is 2. The number of hydrogen-bond donors (Lipinski definition) is 1. The Bertz CT molecular complexity index is 498. The van der Waals surface area contributed by atoms with Crippen LogP contribution in [0.15, 0.2) is 24.3 Å². The summed E-state index contributed by atoms with van der Waals surface area (Å²) in [6, 6.07) is 3.25. The second-order valence-corrected chi connectivity index (χ2v) is 4.88. The van der Waals surface area contributed by atoms with Gasteiger partial charge in [0.15, 0.2) is 0 Å². The van der Waals surface area contributed by atoms with Gasteiger partial charge >= 0.3 is 0 Å². The van der Waals surface area contributed by atoms with Crippen LogP contribution < -0.4 is 10.1 Å². The van der Waals surface area contributed by atoms with E-state index < -0.39 is 0 Å². The SMILES string of the molecule is C=C(CNCCC)COc1cc(C)c([N+](=O)[O-])cc1C. The molecule has 0 fully saturated rings. The van der Waals surface area contributed by atoms with Crippen LogP contribution in [0.2, 0.25) is 0 Å². The number of nitrogens with one attached hydrogen (secondary N) is 1. The summed E-state index contributed by atoms with van der Waals surface area (Å²) >= 11 is 0. The molecule has 110 valence electrons. The molecule has 0 saturated heterocycles. The zero-order valence-corrected chi connectivity index (χ0v) is 12.4. The van der Waals surface area contributed by atoms with Gasteiger partial charge < -0.3 is 10.1 Å². The third-order valence-electron chi connectivity index (χ3n) is 2.92. The van der Waals surface area contributed by atoms with E-state index in [9.17, 15) is 10.1 Å². The number of ether oxygens (including phenoxy) is 1. The van der Waals surface area contributed by atoms with Crippen molar-refractivity contribution in [1.29, 1.82) is 0 Å². The average molecular weight is 278 g/mol. The zero-order valence-electron chi connectivity index (χ0n) is 12.4. The molecule has 0 bridgehead atoms. The van der Waals surface area contributed by atoms with Crippen molar-refractivity contribution >= 4 is 5.69 Å². The van der Waals surface area contributed by atoms with E-state index in [0.717, 1.165) is 30.6 Å². The van der Waals surface area contributed by atoms with Crippen LogP contribution in [0.1, 0.15) is 24.5 Å². The molecule has 0 aromatic heterocycles. The molecule has 0 spiro atoms. The Labute approximate surface area is 119 Å². The van der Waals surface area contributed by atoms with Crippen LogP contribution in [0, 0.1) is 24.0 Å². The minimum atomic E-state index is -0.375. The highest BCUT2D eigenvalue weighted by molar-refractivity contribution is 5.49. The van der Waals surface area contributed by atoms with Crippen LogP contribution >= 0.6 is 0 Å². The lowest BCUT2D eigenvalue weighted by atomic mass is 10.1. The minimum absolute atomic E-state index is 0.123. The highest BCUT2D eigenvalue weighted by atomic mass is 16.6. The molecule has 0 atom stereocenters. The summed E-state index contributed by atoms with van der Waals surface area (Å²) in [6.45, 7) is 11.7. The lowest BCUT2D eigenvalue weighted by molar-refractivity contribution is -0.385. The molecule has 20 heavy (non-hydrogen) atoms. The van der Waals surface area contributed by atoms with Gasteiger partial charge in [-0.3, -0.25) is 10.1 Å². The van der Waals surface area contributed by atoms with Crippen molar-refractivity contribution in [3.63, 3.8) is 0 Å². The van der Waals surface area contributed by atoms with Gasteiger partial charge in [0.1, 0.15) is 12.4 Å². The van der Waals surface area contributed by atoms with E-state index in [1.807, 2.05) is 0 Å². The normalized spacial score (nSPS) is 10.3. The number of nitrogens with zero attached hydrogens (tertiary/aromatic N) is 1. The van der Waals surface area contributed by atoms with E-state index in [-0.39, 0.29) is 10.6 Å². The lowest BCUT2D eigenvalue weighted by Gasteiger charge is -2.12. The van der Waals surface area contributed by atoms with Gasteiger partial charge in [0.2, 0.25) is 0 Å². The van der Waals surface area contributed by atoms with Gasteiger partial charge in [-0.1, -0.05) is 13.5 Å². The van der Waals surface area contributed by atoms with E-state index in [1.54, 1.807) is 26.0 Å². The van der Waals surface area contributed by atoms with Gasteiger partial charge in [-0.15, -0.1) is 0 Å². The molecule has 1 rings (SSSR count). The molecule has 0 radical (unpaired) electrons. The standard InChI is InChI=1S/C15H22N2O3/c1-5-6-16-9-11(2)10-20-15-8-12(3)14(17(18)19)7-13(15)4/h7-8,16H,2,5-6,9-10H2,1,3-4H3. The number of rotatable bonds is 8. The van der Waals surface area contributed by atoms with Crippen LogP contribution in [0.4, 0.5) is 5.69 Å².